The van der Waals surface area contributed by atoms with Gasteiger partial charge in [-0.05, 0) is 34.1 Å². The molecule has 0 saturated heterocycles. The first-order valence-electron chi connectivity index (χ1n) is 6.56. The van der Waals surface area contributed by atoms with Crippen LogP contribution in [0, 0.1) is 10.1 Å². The largest absolute Gasteiger partial charge is 0.504 e. The molecule has 0 atom stereocenters. The van der Waals surface area contributed by atoms with Crippen molar-refractivity contribution in [1.82, 2.24) is 5.43 Å². The maximum Gasteiger partial charge on any atom is 0.271 e. The number of nitrogens with zero attached hydrogens (tertiary/aromatic N) is 2. The smallest absolute Gasteiger partial charge is 0.271 e. The van der Waals surface area contributed by atoms with Crippen LogP contribution in [0.4, 0.5) is 5.69 Å². The van der Waals surface area contributed by atoms with E-state index in [1.54, 1.807) is 6.07 Å². The Kier molecular flexibility index (Phi) is 5.48. The van der Waals surface area contributed by atoms with Crippen molar-refractivity contribution in [3.63, 3.8) is 0 Å². The number of methoxy groups -OCH3 is 1. The second-order valence-corrected chi connectivity index (χ2v) is 5.41. The quantitative estimate of drug-likeness (QED) is 0.460. The van der Waals surface area contributed by atoms with Gasteiger partial charge in [-0.25, -0.2) is 5.43 Å². The lowest BCUT2D eigenvalue weighted by atomic mass is 10.2. The van der Waals surface area contributed by atoms with E-state index in [-0.39, 0.29) is 17.0 Å². The van der Waals surface area contributed by atoms with Gasteiger partial charge < -0.3 is 9.84 Å². The number of hydrogen-bond donors (Lipinski definition) is 2. The lowest BCUT2D eigenvalue weighted by Gasteiger charge is -2.06. The van der Waals surface area contributed by atoms with Crippen molar-refractivity contribution in [3.8, 4) is 11.5 Å². The summed E-state index contributed by atoms with van der Waals surface area (Å²) in [6, 6.07) is 8.25. The molecule has 9 heteroatoms. The summed E-state index contributed by atoms with van der Waals surface area (Å²) in [5.74, 6) is -0.379. The highest BCUT2D eigenvalue weighted by molar-refractivity contribution is 9.10. The molecule has 0 aliphatic heterocycles. The van der Waals surface area contributed by atoms with E-state index < -0.39 is 10.8 Å². The molecule has 0 radical (unpaired) electrons. The molecule has 0 aromatic heterocycles. The van der Waals surface area contributed by atoms with Crippen molar-refractivity contribution in [1.29, 1.82) is 0 Å². The van der Waals surface area contributed by atoms with Crippen molar-refractivity contribution in [2.75, 3.05) is 7.11 Å². The Morgan fingerprint density at radius 2 is 2.17 bits per heavy atom. The van der Waals surface area contributed by atoms with Gasteiger partial charge in [0.15, 0.2) is 11.5 Å². The van der Waals surface area contributed by atoms with Gasteiger partial charge in [0.25, 0.3) is 11.6 Å². The van der Waals surface area contributed by atoms with Crippen LogP contribution in [0.15, 0.2) is 46.0 Å². The normalized spacial score (nSPS) is 10.6. The summed E-state index contributed by atoms with van der Waals surface area (Å²) in [6.45, 7) is 0. The lowest BCUT2D eigenvalue weighted by Crippen LogP contribution is -2.17. The first-order valence-corrected chi connectivity index (χ1v) is 7.36. The highest BCUT2D eigenvalue weighted by atomic mass is 79.9. The molecule has 2 rings (SSSR count). The Labute approximate surface area is 145 Å². The minimum atomic E-state index is -0.594. The first kappa shape index (κ1) is 17.4. The van der Waals surface area contributed by atoms with E-state index in [4.69, 9.17) is 4.74 Å². The van der Waals surface area contributed by atoms with E-state index in [0.29, 0.717) is 15.8 Å². The van der Waals surface area contributed by atoms with Gasteiger partial charge in [0.1, 0.15) is 0 Å². The topological polar surface area (TPSA) is 114 Å². The standard InChI is InChI=1S/C15H12BrN3O5/c1-24-14-7-12(16)10(6-13(14)20)8-17-18-15(21)9-3-2-4-11(5-9)19(22)23/h2-8,20H,1H3,(H,18,21)/b17-8-. The summed E-state index contributed by atoms with van der Waals surface area (Å²) < 4.78 is 5.56. The number of nitro benzene ring substituents is 1. The number of rotatable bonds is 5. The number of aromatic hydroxyl groups is 1. The molecule has 0 unspecified atom stereocenters. The first-order chi connectivity index (χ1) is 11.4. The Balaban J connectivity index is 2.11. The van der Waals surface area contributed by atoms with Gasteiger partial charge in [0.2, 0.25) is 0 Å². The van der Waals surface area contributed by atoms with E-state index >= 15 is 0 Å². The number of amides is 1. The number of nitrogens with one attached hydrogen (secondary N) is 1. The number of phenolic OH excluding ortho intramolecular Hbond substituents is 1. The van der Waals surface area contributed by atoms with E-state index in [9.17, 15) is 20.0 Å². The highest BCUT2D eigenvalue weighted by Crippen LogP contribution is 2.31. The zero-order chi connectivity index (χ0) is 17.7. The predicted molar refractivity (Wildman–Crippen MR) is 90.5 cm³/mol. The van der Waals surface area contributed by atoms with Crippen molar-refractivity contribution in [3.05, 3.63) is 62.1 Å². The Morgan fingerprint density at radius 3 is 2.83 bits per heavy atom. The third kappa shape index (κ3) is 4.07. The van der Waals surface area contributed by atoms with E-state index in [0.717, 1.165) is 6.07 Å². The van der Waals surface area contributed by atoms with Crippen LogP contribution in [-0.2, 0) is 0 Å². The monoisotopic (exact) mass is 393 g/mol. The predicted octanol–water partition coefficient (Wildman–Crippen LogP) is 2.84. The van der Waals surface area contributed by atoms with Crippen LogP contribution in [0.3, 0.4) is 0 Å². The van der Waals surface area contributed by atoms with Crippen LogP contribution in [0.5, 0.6) is 11.5 Å². The molecule has 0 bridgehead atoms. The summed E-state index contributed by atoms with van der Waals surface area (Å²) >= 11 is 3.29. The lowest BCUT2D eigenvalue weighted by molar-refractivity contribution is -0.384. The molecule has 124 valence electrons. The molecule has 0 aliphatic rings. The van der Waals surface area contributed by atoms with E-state index in [1.165, 1.54) is 37.6 Å². The van der Waals surface area contributed by atoms with Crippen LogP contribution in [0.2, 0.25) is 0 Å². The fourth-order valence-corrected chi connectivity index (χ4v) is 2.23. The molecule has 0 heterocycles. The van der Waals surface area contributed by atoms with Gasteiger partial charge in [0, 0.05) is 27.7 Å². The summed E-state index contributed by atoms with van der Waals surface area (Å²) in [5.41, 5.74) is 2.69. The number of non-ortho nitro benzene ring substituents is 1. The molecule has 0 fully saturated rings. The van der Waals surface area contributed by atoms with Crippen LogP contribution in [-0.4, -0.2) is 29.3 Å². The number of nitro groups is 1. The molecule has 2 N–H and O–H groups in total. The van der Waals surface area contributed by atoms with Crippen molar-refractivity contribution in [2.24, 2.45) is 5.10 Å². The van der Waals surface area contributed by atoms with Crippen molar-refractivity contribution < 1.29 is 19.6 Å². The van der Waals surface area contributed by atoms with Crippen LogP contribution in [0.1, 0.15) is 15.9 Å². The van der Waals surface area contributed by atoms with Gasteiger partial charge in [-0.15, -0.1) is 0 Å². The van der Waals surface area contributed by atoms with E-state index in [1.807, 2.05) is 0 Å². The molecule has 0 saturated carbocycles. The molecule has 8 nitrogen and oxygen atoms in total. The third-order valence-corrected chi connectivity index (χ3v) is 3.67. The average Bonchev–Trinajstić information content (AvgIpc) is 2.57. The van der Waals surface area contributed by atoms with Crippen LogP contribution < -0.4 is 10.2 Å². The number of hydrogen-bond acceptors (Lipinski definition) is 6. The van der Waals surface area contributed by atoms with Crippen molar-refractivity contribution in [2.45, 2.75) is 0 Å². The fourth-order valence-electron chi connectivity index (χ4n) is 1.81. The molecule has 2 aromatic rings. The molecule has 0 aliphatic carbocycles. The number of ether oxygens (including phenoxy) is 1. The number of halogens is 1. The van der Waals surface area contributed by atoms with Gasteiger partial charge in [-0.3, -0.25) is 14.9 Å². The molecule has 0 spiro atoms. The minimum absolute atomic E-state index is 0.0767. The number of phenols is 1. The van der Waals surface area contributed by atoms with E-state index in [2.05, 4.69) is 26.5 Å². The van der Waals surface area contributed by atoms with Crippen LogP contribution in [0.25, 0.3) is 0 Å². The highest BCUT2D eigenvalue weighted by Gasteiger charge is 2.11. The molecular weight excluding hydrogens is 382 g/mol. The maximum atomic E-state index is 11.9. The second kappa shape index (κ2) is 7.55. The Morgan fingerprint density at radius 1 is 1.42 bits per heavy atom. The molecule has 1 amide bonds. The Hall–Kier alpha value is -2.94. The zero-order valence-electron chi connectivity index (χ0n) is 12.4. The second-order valence-electron chi connectivity index (χ2n) is 4.55. The number of carbonyl (C=O) groups is 1. The summed E-state index contributed by atoms with van der Waals surface area (Å²) in [6.07, 6.45) is 1.32. The van der Waals surface area contributed by atoms with Crippen molar-refractivity contribution >= 4 is 33.7 Å². The molecule has 24 heavy (non-hydrogen) atoms. The number of carbonyl (C=O) groups excluding carboxylic acids is 1. The average molecular weight is 394 g/mol. The zero-order valence-corrected chi connectivity index (χ0v) is 14.0. The minimum Gasteiger partial charge on any atom is -0.504 e. The fraction of sp³-hybridized carbons (Fsp3) is 0.0667. The number of hydrazone groups is 1. The summed E-state index contributed by atoms with van der Waals surface area (Å²) in [7, 11) is 1.43. The van der Waals surface area contributed by atoms with Gasteiger partial charge in [-0.2, -0.15) is 5.10 Å². The Bertz CT molecular complexity index is 823. The maximum absolute atomic E-state index is 11.9. The van der Waals surface area contributed by atoms with Crippen LogP contribution >= 0.6 is 15.9 Å². The van der Waals surface area contributed by atoms with Gasteiger partial charge in [0.05, 0.1) is 18.2 Å². The molecule has 2 aromatic carbocycles. The summed E-state index contributed by atoms with van der Waals surface area (Å²) in [4.78, 5) is 22.0. The van der Waals surface area contributed by atoms with Gasteiger partial charge in [-0.1, -0.05) is 6.07 Å². The third-order valence-electron chi connectivity index (χ3n) is 2.99. The summed E-state index contributed by atoms with van der Waals surface area (Å²) in [5, 5.41) is 24.2. The SMILES string of the molecule is COc1cc(Br)c(/C=N\NC(=O)c2cccc([N+](=O)[O-])c2)cc1O. The van der Waals surface area contributed by atoms with Gasteiger partial charge >= 0.3 is 0 Å². The number of benzene rings is 2. The molecular formula is C15H12BrN3O5.